The fourth-order valence-corrected chi connectivity index (χ4v) is 2.93. The van der Waals surface area contributed by atoms with Crippen molar-refractivity contribution in [1.29, 1.82) is 0 Å². The van der Waals surface area contributed by atoms with Gasteiger partial charge in [0, 0.05) is 25.0 Å². The lowest BCUT2D eigenvalue weighted by molar-refractivity contribution is 0.0929. The number of hydrogen-bond acceptors (Lipinski definition) is 5. The van der Waals surface area contributed by atoms with Crippen LogP contribution < -0.4 is 5.32 Å². The molecule has 1 aliphatic carbocycles. The van der Waals surface area contributed by atoms with E-state index in [1.165, 1.54) is 0 Å². The third-order valence-corrected chi connectivity index (χ3v) is 4.47. The van der Waals surface area contributed by atoms with Crippen molar-refractivity contribution in [2.75, 3.05) is 0 Å². The Morgan fingerprint density at radius 1 is 1.32 bits per heavy atom. The predicted octanol–water partition coefficient (Wildman–Crippen LogP) is 1.34. The van der Waals surface area contributed by atoms with E-state index < -0.39 is 0 Å². The number of carbonyl (C=O) groups is 1. The lowest BCUT2D eigenvalue weighted by Crippen LogP contribution is -2.31. The quantitative estimate of drug-likeness (QED) is 0.733. The highest BCUT2D eigenvalue weighted by Gasteiger charge is 2.35. The van der Waals surface area contributed by atoms with Crippen LogP contribution >= 0.6 is 0 Å². The Morgan fingerprint density at radius 3 is 2.72 bits per heavy atom. The van der Waals surface area contributed by atoms with Crippen LogP contribution in [-0.2, 0) is 13.6 Å². The first-order chi connectivity index (χ1) is 12.2. The van der Waals surface area contributed by atoms with Gasteiger partial charge < -0.3 is 9.88 Å². The molecule has 2 heterocycles. The first kappa shape index (κ1) is 15.5. The molecule has 0 radical (unpaired) electrons. The van der Waals surface area contributed by atoms with E-state index in [4.69, 9.17) is 0 Å². The first-order valence-corrected chi connectivity index (χ1v) is 8.28. The third kappa shape index (κ3) is 3.42. The van der Waals surface area contributed by atoms with Crippen molar-refractivity contribution in [1.82, 2.24) is 35.1 Å². The summed E-state index contributed by atoms with van der Waals surface area (Å²) in [5.74, 6) is 1.31. The summed E-state index contributed by atoms with van der Waals surface area (Å²) in [6.45, 7) is 0.576. The molecule has 3 aromatic rings. The highest BCUT2D eigenvalue weighted by atomic mass is 16.1. The van der Waals surface area contributed by atoms with Gasteiger partial charge in [-0.1, -0.05) is 12.1 Å². The van der Waals surface area contributed by atoms with Gasteiger partial charge in [0.05, 0.1) is 12.6 Å². The molecule has 1 amide bonds. The maximum Gasteiger partial charge on any atom is 0.251 e. The number of rotatable bonds is 6. The van der Waals surface area contributed by atoms with Gasteiger partial charge in [-0.05, 0) is 46.9 Å². The molecule has 0 spiro atoms. The largest absolute Gasteiger partial charge is 0.342 e. The molecule has 0 saturated heterocycles. The average Bonchev–Trinajstić information content (AvgIpc) is 3.17. The minimum Gasteiger partial charge on any atom is -0.342 e. The molecule has 1 aromatic carbocycles. The van der Waals surface area contributed by atoms with Crippen molar-refractivity contribution >= 4 is 5.91 Å². The van der Waals surface area contributed by atoms with E-state index in [1.54, 1.807) is 17.2 Å². The van der Waals surface area contributed by atoms with Crippen LogP contribution in [0.4, 0.5) is 0 Å². The van der Waals surface area contributed by atoms with E-state index in [2.05, 4.69) is 25.8 Å². The predicted molar refractivity (Wildman–Crippen MR) is 89.5 cm³/mol. The van der Waals surface area contributed by atoms with Crippen LogP contribution in [0.1, 0.15) is 40.6 Å². The number of benzene rings is 1. The number of tetrazole rings is 1. The number of hydrogen-bond donors (Lipinski definition) is 1. The Bertz CT molecular complexity index is 850. The Hall–Kier alpha value is -3.03. The van der Waals surface area contributed by atoms with Crippen LogP contribution in [0.3, 0.4) is 0 Å². The second-order valence-corrected chi connectivity index (χ2v) is 6.39. The van der Waals surface area contributed by atoms with E-state index in [0.29, 0.717) is 18.0 Å². The maximum atomic E-state index is 12.6. The molecule has 0 aliphatic heterocycles. The number of aryl methyl sites for hydroxylation is 1. The zero-order valence-electron chi connectivity index (χ0n) is 13.9. The van der Waals surface area contributed by atoms with Crippen LogP contribution in [0, 0.1) is 5.92 Å². The van der Waals surface area contributed by atoms with Gasteiger partial charge >= 0.3 is 0 Å². The molecule has 8 heteroatoms. The topological polar surface area (TPSA) is 90.5 Å². The molecular weight excluding hydrogens is 318 g/mol. The molecule has 25 heavy (non-hydrogen) atoms. The molecule has 1 N–H and O–H groups in total. The number of nitrogens with zero attached hydrogens (tertiary/aromatic N) is 6. The second kappa shape index (κ2) is 6.46. The van der Waals surface area contributed by atoms with Gasteiger partial charge in [-0.3, -0.25) is 4.79 Å². The Kier molecular flexibility index (Phi) is 4.01. The van der Waals surface area contributed by atoms with Gasteiger partial charge in [0.2, 0.25) is 0 Å². The van der Waals surface area contributed by atoms with Crippen molar-refractivity contribution in [3.05, 3.63) is 59.9 Å². The van der Waals surface area contributed by atoms with Gasteiger partial charge in [-0.15, -0.1) is 5.10 Å². The monoisotopic (exact) mass is 337 g/mol. The highest BCUT2D eigenvalue weighted by Crippen LogP contribution is 2.40. The maximum absolute atomic E-state index is 12.6. The molecule has 1 fully saturated rings. The van der Waals surface area contributed by atoms with Crippen LogP contribution in [0.5, 0.6) is 0 Å². The SMILES string of the molecule is Cn1ccnc1C(NC(=O)c1ccc(Cn2cnnn2)cc1)C1CC1. The van der Waals surface area contributed by atoms with Crippen LogP contribution in [0.25, 0.3) is 0 Å². The number of aromatic nitrogens is 6. The Labute approximate surface area is 144 Å². The summed E-state index contributed by atoms with van der Waals surface area (Å²) in [6.07, 6.45) is 7.49. The van der Waals surface area contributed by atoms with Gasteiger partial charge in [0.1, 0.15) is 12.2 Å². The van der Waals surface area contributed by atoms with Crippen LogP contribution in [0.15, 0.2) is 43.0 Å². The fraction of sp³-hybridized carbons (Fsp3) is 0.353. The number of amides is 1. The van der Waals surface area contributed by atoms with Gasteiger partial charge in [-0.2, -0.15) is 0 Å². The van der Waals surface area contributed by atoms with Crippen molar-refractivity contribution in [2.45, 2.75) is 25.4 Å². The normalized spacial score (nSPS) is 15.1. The van der Waals surface area contributed by atoms with Crippen molar-refractivity contribution in [3.8, 4) is 0 Å². The molecule has 1 saturated carbocycles. The summed E-state index contributed by atoms with van der Waals surface area (Å²) in [5, 5.41) is 14.2. The lowest BCUT2D eigenvalue weighted by Gasteiger charge is -2.18. The van der Waals surface area contributed by atoms with Gasteiger partial charge in [0.15, 0.2) is 0 Å². The smallest absolute Gasteiger partial charge is 0.251 e. The molecule has 1 atom stereocenters. The summed E-state index contributed by atoms with van der Waals surface area (Å²) < 4.78 is 3.61. The fourth-order valence-electron chi connectivity index (χ4n) is 2.93. The average molecular weight is 337 g/mol. The first-order valence-electron chi connectivity index (χ1n) is 8.28. The van der Waals surface area contributed by atoms with Crippen molar-refractivity contribution in [2.24, 2.45) is 13.0 Å². The molecule has 2 aromatic heterocycles. The molecule has 1 aliphatic rings. The standard InChI is InChI=1S/C17H19N7O/c1-23-9-8-18-16(23)15(13-6-7-13)20-17(25)14-4-2-12(3-5-14)10-24-11-19-21-22-24/h2-5,8-9,11,13,15H,6-7,10H2,1H3,(H,20,25). The van der Waals surface area contributed by atoms with E-state index in [0.717, 1.165) is 24.2 Å². The minimum atomic E-state index is -0.0751. The summed E-state index contributed by atoms with van der Waals surface area (Å²) >= 11 is 0. The summed E-state index contributed by atoms with van der Waals surface area (Å²) in [6, 6.07) is 7.47. The van der Waals surface area contributed by atoms with Crippen LogP contribution in [0.2, 0.25) is 0 Å². The Morgan fingerprint density at radius 2 is 2.12 bits per heavy atom. The summed E-state index contributed by atoms with van der Waals surface area (Å²) in [7, 11) is 1.96. The van der Waals surface area contributed by atoms with Gasteiger partial charge in [0.25, 0.3) is 5.91 Å². The molecular formula is C17H19N7O. The van der Waals surface area contributed by atoms with E-state index in [9.17, 15) is 4.79 Å². The minimum absolute atomic E-state index is 0.0339. The van der Waals surface area contributed by atoms with E-state index >= 15 is 0 Å². The van der Waals surface area contributed by atoms with E-state index in [1.807, 2.05) is 42.1 Å². The molecule has 8 nitrogen and oxygen atoms in total. The molecule has 0 bridgehead atoms. The summed E-state index contributed by atoms with van der Waals surface area (Å²) in [5.41, 5.74) is 1.67. The molecule has 4 rings (SSSR count). The summed E-state index contributed by atoms with van der Waals surface area (Å²) in [4.78, 5) is 17.0. The van der Waals surface area contributed by atoms with E-state index in [-0.39, 0.29) is 11.9 Å². The van der Waals surface area contributed by atoms with Crippen LogP contribution in [-0.4, -0.2) is 35.7 Å². The van der Waals surface area contributed by atoms with Crippen molar-refractivity contribution in [3.63, 3.8) is 0 Å². The third-order valence-electron chi connectivity index (χ3n) is 4.47. The zero-order chi connectivity index (χ0) is 17.2. The number of nitrogens with one attached hydrogen (secondary N) is 1. The number of carbonyl (C=O) groups excluding carboxylic acids is 1. The van der Waals surface area contributed by atoms with Gasteiger partial charge in [-0.25, -0.2) is 9.67 Å². The number of imidazole rings is 1. The second-order valence-electron chi connectivity index (χ2n) is 6.39. The molecule has 128 valence electrons. The van der Waals surface area contributed by atoms with Crippen molar-refractivity contribution < 1.29 is 4.79 Å². The zero-order valence-corrected chi connectivity index (χ0v) is 13.9. The highest BCUT2D eigenvalue weighted by molar-refractivity contribution is 5.94. The molecule has 1 unspecified atom stereocenters. The lowest BCUT2D eigenvalue weighted by atomic mass is 10.1. The Balaban J connectivity index is 1.46.